The molecule has 1 aromatic heterocycles. The minimum Gasteiger partial charge on any atom is -0.356 e. The fourth-order valence-electron chi connectivity index (χ4n) is 4.26. The number of hydrogen-bond donors (Lipinski definition) is 2. The van der Waals surface area contributed by atoms with Gasteiger partial charge in [-0.3, -0.25) is 0 Å². The Morgan fingerprint density at radius 1 is 1.03 bits per heavy atom. The summed E-state index contributed by atoms with van der Waals surface area (Å²) in [6, 6.07) is 17.6. The first kappa shape index (κ1) is 19.8. The van der Waals surface area contributed by atoms with E-state index in [-0.39, 0.29) is 5.69 Å². The van der Waals surface area contributed by atoms with E-state index in [1.807, 2.05) is 24.3 Å². The molecule has 0 spiro atoms. The van der Waals surface area contributed by atoms with Crippen molar-refractivity contribution in [1.29, 1.82) is 0 Å². The molecule has 0 radical (unpaired) electrons. The lowest BCUT2D eigenvalue weighted by Crippen LogP contribution is -2.43. The second kappa shape index (κ2) is 7.81. The third-order valence-electron chi connectivity index (χ3n) is 5.67. The summed E-state index contributed by atoms with van der Waals surface area (Å²) in [4.78, 5) is 18.2. The Bertz CT molecular complexity index is 1300. The molecule has 31 heavy (non-hydrogen) atoms. The fourth-order valence-corrected chi connectivity index (χ4v) is 4.59. The van der Waals surface area contributed by atoms with Crippen LogP contribution in [-0.4, -0.2) is 22.5 Å². The van der Waals surface area contributed by atoms with Gasteiger partial charge in [0, 0.05) is 33.2 Å². The molecule has 0 fully saturated rings. The summed E-state index contributed by atoms with van der Waals surface area (Å²) < 4.78 is 29.7. The average Bonchev–Trinajstić information content (AvgIpc) is 3.14. The van der Waals surface area contributed by atoms with E-state index in [2.05, 4.69) is 26.2 Å². The molecule has 2 amide bonds. The van der Waals surface area contributed by atoms with E-state index in [1.54, 1.807) is 29.2 Å². The summed E-state index contributed by atoms with van der Waals surface area (Å²) in [7, 11) is 0. The van der Waals surface area contributed by atoms with Gasteiger partial charge in [-0.25, -0.2) is 13.6 Å². The van der Waals surface area contributed by atoms with Gasteiger partial charge in [-0.15, -0.1) is 0 Å². The Morgan fingerprint density at radius 3 is 2.61 bits per heavy atom. The number of nitrogens with zero attached hydrogens (tertiary/aromatic N) is 1. The monoisotopic (exact) mass is 481 g/mol. The van der Waals surface area contributed by atoms with Crippen LogP contribution in [0.4, 0.5) is 19.3 Å². The standard InChI is InChI=1S/C24H18BrF2N3O/c25-14-9-10-21(19(27)13-14)29-24(31)30-12-11-16-15-5-2-4-8-20(15)28-22(16)23(30)17-6-1-3-7-18(17)26/h1-10,13,23,28H,11-12H2,(H,29,31)/t23-/m0/s1. The molecule has 4 aromatic rings. The van der Waals surface area contributed by atoms with Crippen LogP contribution >= 0.6 is 15.9 Å². The number of para-hydroxylation sites is 1. The number of fused-ring (bicyclic) bond motifs is 3. The van der Waals surface area contributed by atoms with Gasteiger partial charge in [0.05, 0.1) is 5.69 Å². The number of hydrogen-bond acceptors (Lipinski definition) is 1. The first-order valence-corrected chi connectivity index (χ1v) is 10.7. The molecule has 0 bridgehead atoms. The van der Waals surface area contributed by atoms with E-state index in [4.69, 9.17) is 0 Å². The van der Waals surface area contributed by atoms with Gasteiger partial charge in [0.1, 0.15) is 17.7 Å². The van der Waals surface area contributed by atoms with Gasteiger partial charge in [0.2, 0.25) is 0 Å². The topological polar surface area (TPSA) is 48.1 Å². The zero-order valence-corrected chi connectivity index (χ0v) is 17.9. The highest BCUT2D eigenvalue weighted by molar-refractivity contribution is 9.10. The number of amides is 2. The normalized spacial score (nSPS) is 15.7. The molecule has 1 atom stereocenters. The van der Waals surface area contributed by atoms with Gasteiger partial charge in [0.25, 0.3) is 0 Å². The summed E-state index contributed by atoms with van der Waals surface area (Å²) in [6.45, 7) is 0.373. The van der Waals surface area contributed by atoms with Gasteiger partial charge >= 0.3 is 6.03 Å². The largest absolute Gasteiger partial charge is 0.356 e. The maximum Gasteiger partial charge on any atom is 0.322 e. The van der Waals surface area contributed by atoms with Gasteiger partial charge < -0.3 is 15.2 Å². The molecule has 2 heterocycles. The molecule has 0 aliphatic carbocycles. The Kier molecular flexibility index (Phi) is 4.98. The summed E-state index contributed by atoms with van der Waals surface area (Å²) in [5, 5.41) is 3.71. The van der Waals surface area contributed by atoms with Crippen molar-refractivity contribution in [3.8, 4) is 0 Å². The number of carbonyl (C=O) groups is 1. The number of benzene rings is 3. The van der Waals surface area contributed by atoms with Crippen molar-refractivity contribution in [2.75, 3.05) is 11.9 Å². The second-order valence-corrected chi connectivity index (χ2v) is 8.40. The number of aromatic amines is 1. The summed E-state index contributed by atoms with van der Waals surface area (Å²) >= 11 is 3.21. The van der Waals surface area contributed by atoms with E-state index in [0.29, 0.717) is 23.0 Å². The lowest BCUT2D eigenvalue weighted by Gasteiger charge is -2.36. The first-order chi connectivity index (χ1) is 15.0. The van der Waals surface area contributed by atoms with E-state index < -0.39 is 23.7 Å². The highest BCUT2D eigenvalue weighted by Crippen LogP contribution is 2.39. The molecule has 1 aliphatic rings. The van der Waals surface area contributed by atoms with E-state index >= 15 is 0 Å². The van der Waals surface area contributed by atoms with Crippen molar-refractivity contribution in [3.05, 3.63) is 99.7 Å². The molecule has 1 aliphatic heterocycles. The van der Waals surface area contributed by atoms with Crippen LogP contribution in [0.2, 0.25) is 0 Å². The number of halogens is 3. The molecule has 7 heteroatoms. The molecular weight excluding hydrogens is 464 g/mol. The average molecular weight is 482 g/mol. The summed E-state index contributed by atoms with van der Waals surface area (Å²) in [6.07, 6.45) is 0.612. The van der Waals surface area contributed by atoms with Crippen molar-refractivity contribution in [1.82, 2.24) is 9.88 Å². The number of anilines is 1. The third kappa shape index (κ3) is 3.49. The van der Waals surface area contributed by atoms with Gasteiger partial charge in [-0.1, -0.05) is 52.3 Å². The Balaban J connectivity index is 1.59. The zero-order valence-electron chi connectivity index (χ0n) is 16.3. The minimum absolute atomic E-state index is 0.0722. The number of nitrogens with one attached hydrogen (secondary N) is 2. The van der Waals surface area contributed by atoms with E-state index in [0.717, 1.165) is 22.2 Å². The van der Waals surface area contributed by atoms with Crippen molar-refractivity contribution >= 4 is 38.6 Å². The number of H-pyrrole nitrogens is 1. The number of urea groups is 1. The van der Waals surface area contributed by atoms with Crippen LogP contribution in [0.15, 0.2) is 71.2 Å². The Hall–Kier alpha value is -3.19. The van der Waals surface area contributed by atoms with Crippen LogP contribution in [0, 0.1) is 11.6 Å². The van der Waals surface area contributed by atoms with Gasteiger partial charge in [-0.05, 0) is 42.3 Å². The molecule has 4 nitrogen and oxygen atoms in total. The second-order valence-electron chi connectivity index (χ2n) is 7.48. The smallest absolute Gasteiger partial charge is 0.322 e. The number of carbonyl (C=O) groups excluding carboxylic acids is 1. The number of aromatic nitrogens is 1. The highest BCUT2D eigenvalue weighted by Gasteiger charge is 2.36. The van der Waals surface area contributed by atoms with Crippen molar-refractivity contribution in [3.63, 3.8) is 0 Å². The lowest BCUT2D eigenvalue weighted by molar-refractivity contribution is 0.191. The number of rotatable bonds is 2. The van der Waals surface area contributed by atoms with E-state index in [9.17, 15) is 13.6 Å². The minimum atomic E-state index is -0.657. The molecular formula is C24H18BrF2N3O. The summed E-state index contributed by atoms with van der Waals surface area (Å²) in [5.74, 6) is -0.944. The SMILES string of the molecule is O=C(Nc1ccc(Br)cc1F)N1CCc2c([nH]c3ccccc23)[C@@H]1c1ccccc1F. The van der Waals surface area contributed by atoms with Crippen molar-refractivity contribution in [2.24, 2.45) is 0 Å². The van der Waals surface area contributed by atoms with Crippen LogP contribution in [-0.2, 0) is 6.42 Å². The molecule has 156 valence electrons. The van der Waals surface area contributed by atoms with Crippen LogP contribution in [0.25, 0.3) is 10.9 Å². The van der Waals surface area contributed by atoms with Gasteiger partial charge in [-0.2, -0.15) is 0 Å². The molecule has 0 saturated heterocycles. The first-order valence-electron chi connectivity index (χ1n) is 9.89. The maximum absolute atomic E-state index is 14.9. The molecule has 5 rings (SSSR count). The van der Waals surface area contributed by atoms with Crippen LogP contribution in [0.5, 0.6) is 0 Å². The fraction of sp³-hybridized carbons (Fsp3) is 0.125. The zero-order chi connectivity index (χ0) is 21.5. The van der Waals surface area contributed by atoms with Crippen LogP contribution < -0.4 is 5.32 Å². The van der Waals surface area contributed by atoms with Crippen LogP contribution in [0.1, 0.15) is 22.9 Å². The predicted octanol–water partition coefficient (Wildman–Crippen LogP) is 6.39. The Morgan fingerprint density at radius 2 is 1.81 bits per heavy atom. The van der Waals surface area contributed by atoms with Gasteiger partial charge in [0.15, 0.2) is 0 Å². The predicted molar refractivity (Wildman–Crippen MR) is 120 cm³/mol. The van der Waals surface area contributed by atoms with Crippen molar-refractivity contribution < 1.29 is 13.6 Å². The van der Waals surface area contributed by atoms with Crippen molar-refractivity contribution in [2.45, 2.75) is 12.5 Å². The summed E-state index contributed by atoms with van der Waals surface area (Å²) in [5.41, 5.74) is 3.26. The molecule has 2 N–H and O–H groups in total. The molecule has 0 saturated carbocycles. The van der Waals surface area contributed by atoms with E-state index in [1.165, 1.54) is 18.2 Å². The third-order valence-corrected chi connectivity index (χ3v) is 6.16. The highest BCUT2D eigenvalue weighted by atomic mass is 79.9. The Labute approximate surface area is 186 Å². The maximum atomic E-state index is 14.9. The molecule has 3 aromatic carbocycles. The molecule has 0 unspecified atom stereocenters. The lowest BCUT2D eigenvalue weighted by atomic mass is 9.92. The quantitative estimate of drug-likeness (QED) is 0.342. The van der Waals surface area contributed by atoms with Crippen LogP contribution in [0.3, 0.4) is 0 Å².